The third kappa shape index (κ3) is 5.16. The summed E-state index contributed by atoms with van der Waals surface area (Å²) in [5, 5.41) is 8.26. The molecule has 0 unspecified atom stereocenters. The van der Waals surface area contributed by atoms with Gasteiger partial charge in [0.2, 0.25) is 10.7 Å². The molecule has 0 spiro atoms. The summed E-state index contributed by atoms with van der Waals surface area (Å²) in [6.07, 6.45) is 0.215. The molecule has 33 heavy (non-hydrogen) atoms. The Labute approximate surface area is 202 Å². The van der Waals surface area contributed by atoms with E-state index in [0.717, 1.165) is 16.8 Å². The fraction of sp³-hybridized carbons (Fsp3) is 0.160. The Hall–Kier alpha value is -3.42. The maximum Gasteiger partial charge on any atom is 0.226 e. The largest absolute Gasteiger partial charge is 0.496 e. The topological polar surface area (TPSA) is 61.1 Å². The molecular weight excluding hydrogens is 456 g/mol. The number of carbonyl (C=O) groups excluding carboxylic acids is 1. The second-order valence-electron chi connectivity index (χ2n) is 7.51. The Morgan fingerprint density at radius 2 is 1.76 bits per heavy atom. The Morgan fingerprint density at radius 1 is 1.06 bits per heavy atom. The molecule has 3 aromatic carbocycles. The molecule has 4 aromatic rings. The fourth-order valence-corrected chi connectivity index (χ4v) is 3.90. The molecule has 1 aromatic heterocycles. The highest BCUT2D eigenvalue weighted by Gasteiger charge is 2.18. The van der Waals surface area contributed by atoms with Gasteiger partial charge in [0.1, 0.15) is 5.75 Å². The van der Waals surface area contributed by atoms with Crippen LogP contribution in [0.25, 0.3) is 17.1 Å². The first-order chi connectivity index (χ1) is 16.0. The molecule has 168 valence electrons. The van der Waals surface area contributed by atoms with E-state index in [1.807, 2.05) is 60.0 Å². The zero-order chi connectivity index (χ0) is 23.4. The number of methoxy groups -OCH3 is 1. The van der Waals surface area contributed by atoms with Crippen LogP contribution in [0.3, 0.4) is 0 Å². The number of nitrogens with one attached hydrogen (secondary N) is 1. The predicted octanol–water partition coefficient (Wildman–Crippen LogP) is 6.07. The van der Waals surface area contributed by atoms with Gasteiger partial charge in [-0.3, -0.25) is 9.36 Å². The highest BCUT2D eigenvalue weighted by Crippen LogP contribution is 2.30. The molecule has 1 amide bonds. The van der Waals surface area contributed by atoms with Crippen molar-refractivity contribution in [3.63, 3.8) is 0 Å². The number of para-hydroxylation sites is 1. The van der Waals surface area contributed by atoms with E-state index in [9.17, 15) is 4.79 Å². The number of halogens is 1. The molecule has 4 rings (SSSR count). The van der Waals surface area contributed by atoms with E-state index >= 15 is 0 Å². The van der Waals surface area contributed by atoms with Crippen molar-refractivity contribution in [2.24, 2.45) is 0 Å². The number of hydrogen-bond donors (Lipinski definition) is 1. The molecule has 0 saturated heterocycles. The van der Waals surface area contributed by atoms with Crippen molar-refractivity contribution in [2.45, 2.75) is 19.9 Å². The summed E-state index contributed by atoms with van der Waals surface area (Å²) >= 11 is 11.7. The molecule has 8 heteroatoms. The van der Waals surface area contributed by atoms with Crippen LogP contribution in [0.1, 0.15) is 12.0 Å². The number of carbonyl (C=O) groups is 1. The Balaban J connectivity index is 1.66. The quantitative estimate of drug-likeness (QED) is 0.327. The van der Waals surface area contributed by atoms with Crippen molar-refractivity contribution in [3.8, 4) is 22.8 Å². The van der Waals surface area contributed by atoms with Gasteiger partial charge in [0.15, 0.2) is 5.82 Å². The molecule has 1 heterocycles. The summed E-state index contributed by atoms with van der Waals surface area (Å²) < 4.78 is 9.65. The lowest BCUT2D eigenvalue weighted by atomic mass is 10.1. The summed E-state index contributed by atoms with van der Waals surface area (Å²) in [5.74, 6) is 1.21. The second-order valence-corrected chi connectivity index (χ2v) is 8.31. The number of amides is 1. The average molecular weight is 479 g/mol. The highest BCUT2D eigenvalue weighted by atomic mass is 35.5. The SMILES string of the molecule is COc1ccccc1-c1nn(CCC(=O)Nc2ccc(Cl)cc2)c(=S)n1-c1ccc(C)cc1. The number of aromatic nitrogens is 3. The van der Waals surface area contributed by atoms with Gasteiger partial charge < -0.3 is 10.1 Å². The van der Waals surface area contributed by atoms with E-state index in [1.165, 1.54) is 0 Å². The summed E-state index contributed by atoms with van der Waals surface area (Å²) in [6, 6.07) is 22.7. The van der Waals surface area contributed by atoms with Crippen LogP contribution in [-0.2, 0) is 11.3 Å². The first-order valence-electron chi connectivity index (χ1n) is 10.4. The van der Waals surface area contributed by atoms with Gasteiger partial charge in [-0.15, -0.1) is 0 Å². The summed E-state index contributed by atoms with van der Waals surface area (Å²) in [6.45, 7) is 2.37. The van der Waals surface area contributed by atoms with Gasteiger partial charge in [0, 0.05) is 22.8 Å². The number of anilines is 1. The van der Waals surface area contributed by atoms with E-state index in [-0.39, 0.29) is 12.3 Å². The number of nitrogens with zero attached hydrogens (tertiary/aromatic N) is 3. The van der Waals surface area contributed by atoms with Crippen LogP contribution in [0.4, 0.5) is 5.69 Å². The molecule has 0 bridgehead atoms. The zero-order valence-corrected chi connectivity index (χ0v) is 19.9. The Bertz CT molecular complexity index is 1330. The average Bonchev–Trinajstić information content (AvgIpc) is 3.15. The third-order valence-corrected chi connectivity index (χ3v) is 5.80. The molecule has 0 radical (unpaired) electrons. The number of aryl methyl sites for hydroxylation is 2. The first-order valence-corrected chi connectivity index (χ1v) is 11.2. The van der Waals surface area contributed by atoms with E-state index in [2.05, 4.69) is 5.32 Å². The summed E-state index contributed by atoms with van der Waals surface area (Å²) in [7, 11) is 1.63. The van der Waals surface area contributed by atoms with E-state index in [1.54, 1.807) is 36.1 Å². The monoisotopic (exact) mass is 478 g/mol. The van der Waals surface area contributed by atoms with Gasteiger partial charge in [-0.05, 0) is 67.7 Å². The van der Waals surface area contributed by atoms with Crippen molar-refractivity contribution in [3.05, 3.63) is 88.2 Å². The van der Waals surface area contributed by atoms with Gasteiger partial charge >= 0.3 is 0 Å². The zero-order valence-electron chi connectivity index (χ0n) is 18.3. The van der Waals surface area contributed by atoms with Gasteiger partial charge in [-0.1, -0.05) is 41.4 Å². The molecule has 1 N–H and O–H groups in total. The molecule has 0 aliphatic rings. The lowest BCUT2D eigenvalue weighted by Crippen LogP contribution is -2.15. The van der Waals surface area contributed by atoms with Gasteiger partial charge in [-0.2, -0.15) is 5.10 Å². The van der Waals surface area contributed by atoms with Crippen LogP contribution in [0.2, 0.25) is 5.02 Å². The van der Waals surface area contributed by atoms with Crippen LogP contribution in [-0.4, -0.2) is 27.4 Å². The van der Waals surface area contributed by atoms with Crippen molar-refractivity contribution in [1.82, 2.24) is 14.3 Å². The normalized spacial score (nSPS) is 10.8. The molecule has 0 atom stereocenters. The van der Waals surface area contributed by atoms with E-state index < -0.39 is 0 Å². The van der Waals surface area contributed by atoms with Crippen LogP contribution < -0.4 is 10.1 Å². The van der Waals surface area contributed by atoms with Crippen LogP contribution in [0, 0.1) is 11.7 Å². The second kappa shape index (κ2) is 10.0. The third-order valence-electron chi connectivity index (χ3n) is 5.16. The van der Waals surface area contributed by atoms with Crippen molar-refractivity contribution in [2.75, 3.05) is 12.4 Å². The predicted molar refractivity (Wildman–Crippen MR) is 134 cm³/mol. The molecule has 0 fully saturated rings. The van der Waals surface area contributed by atoms with Gasteiger partial charge in [0.25, 0.3) is 0 Å². The van der Waals surface area contributed by atoms with Crippen LogP contribution in [0.15, 0.2) is 72.8 Å². The van der Waals surface area contributed by atoms with Crippen molar-refractivity contribution < 1.29 is 9.53 Å². The fourth-order valence-electron chi connectivity index (χ4n) is 3.45. The highest BCUT2D eigenvalue weighted by molar-refractivity contribution is 7.71. The summed E-state index contributed by atoms with van der Waals surface area (Å²) in [4.78, 5) is 12.5. The first kappa shape index (κ1) is 22.8. The number of benzene rings is 3. The smallest absolute Gasteiger partial charge is 0.226 e. The van der Waals surface area contributed by atoms with Gasteiger partial charge in [0.05, 0.1) is 19.2 Å². The number of rotatable bonds is 7. The van der Waals surface area contributed by atoms with Crippen LogP contribution >= 0.6 is 23.8 Å². The molecular formula is C25H23ClN4O2S. The molecule has 0 aliphatic carbocycles. The van der Waals surface area contributed by atoms with Crippen LogP contribution in [0.5, 0.6) is 5.75 Å². The minimum Gasteiger partial charge on any atom is -0.496 e. The number of ether oxygens (including phenoxy) is 1. The molecule has 0 aliphatic heterocycles. The maximum atomic E-state index is 12.5. The lowest BCUT2D eigenvalue weighted by molar-refractivity contribution is -0.116. The lowest BCUT2D eigenvalue weighted by Gasteiger charge is -2.10. The molecule has 0 saturated carbocycles. The molecule has 6 nitrogen and oxygen atoms in total. The van der Waals surface area contributed by atoms with E-state index in [0.29, 0.717) is 33.6 Å². The minimum atomic E-state index is -0.136. The Kier molecular flexibility index (Phi) is 6.91. The minimum absolute atomic E-state index is 0.136. The number of hydrogen-bond acceptors (Lipinski definition) is 4. The summed E-state index contributed by atoms with van der Waals surface area (Å²) in [5.41, 5.74) is 3.54. The van der Waals surface area contributed by atoms with Gasteiger partial charge in [-0.25, -0.2) is 4.68 Å². The maximum absolute atomic E-state index is 12.5. The standard InChI is InChI=1S/C25H23ClN4O2S/c1-17-7-13-20(14-8-17)30-24(21-5-3-4-6-22(21)32-2)28-29(25(30)33)16-15-23(31)27-19-11-9-18(26)10-12-19/h3-14H,15-16H2,1-2H3,(H,27,31). The Morgan fingerprint density at radius 3 is 2.45 bits per heavy atom. The van der Waals surface area contributed by atoms with Crippen molar-refractivity contribution >= 4 is 35.4 Å². The van der Waals surface area contributed by atoms with E-state index in [4.69, 9.17) is 33.7 Å². The van der Waals surface area contributed by atoms with Crippen molar-refractivity contribution in [1.29, 1.82) is 0 Å².